The number of fused-ring (bicyclic) bond motifs is 1. The van der Waals surface area contributed by atoms with Gasteiger partial charge in [-0.05, 0) is 42.7 Å². The quantitative estimate of drug-likeness (QED) is 0.267. The molecule has 0 aliphatic heterocycles. The number of oxazole rings is 1. The van der Waals surface area contributed by atoms with Gasteiger partial charge in [0.15, 0.2) is 11.1 Å². The Morgan fingerprint density at radius 1 is 1.14 bits per heavy atom. The lowest BCUT2D eigenvalue weighted by Gasteiger charge is -2.10. The lowest BCUT2D eigenvalue weighted by Crippen LogP contribution is -2.21. The van der Waals surface area contributed by atoms with E-state index in [-0.39, 0.29) is 29.9 Å². The Morgan fingerprint density at radius 2 is 1.94 bits per heavy atom. The van der Waals surface area contributed by atoms with Crippen LogP contribution in [0.4, 0.5) is 17.4 Å². The number of unbranched alkanes of at least 4 members (excludes halogenated alkanes) is 1. The van der Waals surface area contributed by atoms with Crippen molar-refractivity contribution in [1.29, 1.82) is 0 Å². The number of carbonyl (C=O) groups is 2. The molecule has 36 heavy (non-hydrogen) atoms. The van der Waals surface area contributed by atoms with Crippen LogP contribution in [0.5, 0.6) is 5.75 Å². The van der Waals surface area contributed by atoms with Gasteiger partial charge in [0.25, 0.3) is 6.01 Å². The molecule has 10 heteroatoms. The van der Waals surface area contributed by atoms with Gasteiger partial charge in [-0.15, -0.1) is 0 Å². The van der Waals surface area contributed by atoms with Gasteiger partial charge in [0, 0.05) is 37.1 Å². The van der Waals surface area contributed by atoms with Crippen LogP contribution in [0.1, 0.15) is 24.8 Å². The van der Waals surface area contributed by atoms with E-state index in [1.807, 2.05) is 30.3 Å². The van der Waals surface area contributed by atoms with E-state index < -0.39 is 5.97 Å². The van der Waals surface area contributed by atoms with Crippen LogP contribution in [0.25, 0.3) is 11.1 Å². The van der Waals surface area contributed by atoms with Gasteiger partial charge in [-0.1, -0.05) is 18.2 Å². The SMILES string of the molecule is COc1cc(CC(=O)Nc2cn(CCCCC(=O)O)ccc2=O)cc2oc(Nc3ccccc3)nc12. The number of amides is 1. The van der Waals surface area contributed by atoms with Gasteiger partial charge < -0.3 is 29.5 Å². The highest BCUT2D eigenvalue weighted by molar-refractivity contribution is 5.93. The molecule has 0 bridgehead atoms. The molecule has 0 radical (unpaired) electrons. The molecule has 0 unspecified atom stereocenters. The van der Waals surface area contributed by atoms with Crippen LogP contribution >= 0.6 is 0 Å². The number of methoxy groups -OCH3 is 1. The molecule has 0 saturated heterocycles. The van der Waals surface area contributed by atoms with E-state index in [1.165, 1.54) is 13.2 Å². The minimum atomic E-state index is -0.841. The Hall–Kier alpha value is -4.60. The number of aromatic nitrogens is 2. The zero-order valence-corrected chi connectivity index (χ0v) is 19.7. The van der Waals surface area contributed by atoms with Crippen molar-refractivity contribution in [2.75, 3.05) is 17.7 Å². The van der Waals surface area contributed by atoms with E-state index in [0.717, 1.165) is 5.69 Å². The minimum Gasteiger partial charge on any atom is -0.494 e. The van der Waals surface area contributed by atoms with Crippen molar-refractivity contribution >= 4 is 40.4 Å². The number of anilines is 3. The molecule has 2 aromatic heterocycles. The van der Waals surface area contributed by atoms with E-state index in [1.54, 1.807) is 29.1 Å². The number of carboxylic acids is 1. The maximum absolute atomic E-state index is 12.7. The number of para-hydroxylation sites is 1. The monoisotopic (exact) mass is 490 g/mol. The molecule has 2 heterocycles. The van der Waals surface area contributed by atoms with Gasteiger partial charge >= 0.3 is 5.97 Å². The lowest BCUT2D eigenvalue weighted by atomic mass is 10.1. The topological polar surface area (TPSA) is 136 Å². The predicted molar refractivity (Wildman–Crippen MR) is 135 cm³/mol. The maximum atomic E-state index is 12.7. The van der Waals surface area contributed by atoms with Crippen molar-refractivity contribution in [3.8, 4) is 5.75 Å². The number of rotatable bonds is 11. The van der Waals surface area contributed by atoms with Crippen molar-refractivity contribution in [2.24, 2.45) is 0 Å². The molecule has 4 rings (SSSR count). The van der Waals surface area contributed by atoms with E-state index in [4.69, 9.17) is 14.3 Å². The molecule has 0 spiro atoms. The van der Waals surface area contributed by atoms with Crippen LogP contribution in [0.15, 0.2) is 70.1 Å². The Labute approximate surface area is 206 Å². The van der Waals surface area contributed by atoms with Crippen LogP contribution in [0.2, 0.25) is 0 Å². The van der Waals surface area contributed by atoms with Crippen molar-refractivity contribution < 1.29 is 23.8 Å². The molecular weight excluding hydrogens is 464 g/mol. The zero-order valence-electron chi connectivity index (χ0n) is 19.7. The normalized spacial score (nSPS) is 10.8. The fourth-order valence-electron chi connectivity index (χ4n) is 3.72. The van der Waals surface area contributed by atoms with Crippen molar-refractivity contribution in [3.05, 3.63) is 76.7 Å². The van der Waals surface area contributed by atoms with E-state index in [0.29, 0.717) is 47.8 Å². The fourth-order valence-corrected chi connectivity index (χ4v) is 3.72. The summed E-state index contributed by atoms with van der Waals surface area (Å²) >= 11 is 0. The summed E-state index contributed by atoms with van der Waals surface area (Å²) < 4.78 is 13.0. The fraction of sp³-hybridized carbons (Fsp3) is 0.231. The molecule has 1 amide bonds. The highest BCUT2D eigenvalue weighted by Crippen LogP contribution is 2.31. The number of aliphatic carboxylic acids is 1. The second-order valence-corrected chi connectivity index (χ2v) is 8.19. The summed E-state index contributed by atoms with van der Waals surface area (Å²) in [6.07, 6.45) is 4.41. The van der Waals surface area contributed by atoms with E-state index in [9.17, 15) is 14.4 Å². The van der Waals surface area contributed by atoms with Gasteiger partial charge in [-0.25, -0.2) is 0 Å². The summed E-state index contributed by atoms with van der Waals surface area (Å²) in [7, 11) is 1.51. The smallest absolute Gasteiger partial charge is 0.303 e. The molecule has 10 nitrogen and oxygen atoms in total. The molecule has 3 N–H and O–H groups in total. The number of nitrogens with one attached hydrogen (secondary N) is 2. The predicted octanol–water partition coefficient (Wildman–Crippen LogP) is 4.18. The van der Waals surface area contributed by atoms with Crippen LogP contribution in [0.3, 0.4) is 0 Å². The number of carbonyl (C=O) groups excluding carboxylic acids is 1. The summed E-state index contributed by atoms with van der Waals surface area (Å²) in [6.45, 7) is 0.537. The highest BCUT2D eigenvalue weighted by Gasteiger charge is 2.15. The number of aryl methyl sites for hydroxylation is 1. The first kappa shape index (κ1) is 24.5. The van der Waals surface area contributed by atoms with Gasteiger partial charge in [-0.3, -0.25) is 14.4 Å². The molecule has 186 valence electrons. The van der Waals surface area contributed by atoms with E-state index >= 15 is 0 Å². The Bertz CT molecular complexity index is 1430. The Morgan fingerprint density at radius 3 is 2.69 bits per heavy atom. The molecule has 0 aliphatic rings. The average Bonchev–Trinajstić information content (AvgIpc) is 3.26. The number of hydrogen-bond donors (Lipinski definition) is 3. The molecule has 4 aromatic rings. The number of pyridine rings is 1. The van der Waals surface area contributed by atoms with Crippen molar-refractivity contribution in [3.63, 3.8) is 0 Å². The first-order valence-corrected chi connectivity index (χ1v) is 11.4. The average molecular weight is 491 g/mol. The molecular formula is C26H26N4O6. The third-order valence-corrected chi connectivity index (χ3v) is 5.44. The first-order chi connectivity index (χ1) is 17.4. The third-order valence-electron chi connectivity index (χ3n) is 5.44. The summed E-state index contributed by atoms with van der Waals surface area (Å²) in [5.41, 5.74) is 2.27. The molecule has 0 atom stereocenters. The minimum absolute atomic E-state index is 0.0125. The number of benzene rings is 2. The standard InChI is InChI=1S/C26H26N4O6/c1-35-21-13-17(14-22-25(21)29-26(36-22)27-18-7-3-2-4-8-18)15-23(32)28-19-16-30(12-10-20(19)31)11-6-5-9-24(33)34/h2-4,7-8,10,12-14,16H,5-6,9,11,15H2,1H3,(H,27,29)(H,28,32)(H,33,34). The number of nitrogens with zero attached hydrogens (tertiary/aromatic N) is 2. The first-order valence-electron chi connectivity index (χ1n) is 11.4. The highest BCUT2D eigenvalue weighted by atomic mass is 16.5. The number of carboxylic acid groups (broad SMARTS) is 1. The Balaban J connectivity index is 1.45. The Kier molecular flexibility index (Phi) is 7.64. The van der Waals surface area contributed by atoms with Crippen LogP contribution < -0.4 is 20.8 Å². The van der Waals surface area contributed by atoms with Crippen LogP contribution in [0, 0.1) is 0 Å². The molecule has 0 aliphatic carbocycles. The van der Waals surface area contributed by atoms with E-state index in [2.05, 4.69) is 15.6 Å². The van der Waals surface area contributed by atoms with Gasteiger partial charge in [0.2, 0.25) is 11.3 Å². The van der Waals surface area contributed by atoms with Crippen molar-refractivity contribution in [2.45, 2.75) is 32.2 Å². The van der Waals surface area contributed by atoms with Gasteiger partial charge in [0.05, 0.1) is 13.5 Å². The largest absolute Gasteiger partial charge is 0.494 e. The second-order valence-electron chi connectivity index (χ2n) is 8.19. The number of ether oxygens (including phenoxy) is 1. The lowest BCUT2D eigenvalue weighted by molar-refractivity contribution is -0.137. The summed E-state index contributed by atoms with van der Waals surface area (Å²) in [5.74, 6) is -0.755. The third kappa shape index (κ3) is 6.29. The molecule has 0 saturated carbocycles. The summed E-state index contributed by atoms with van der Waals surface area (Å²) in [4.78, 5) is 40.1. The van der Waals surface area contributed by atoms with Crippen molar-refractivity contribution in [1.82, 2.24) is 9.55 Å². The molecule has 0 fully saturated rings. The van der Waals surface area contributed by atoms with Crippen LogP contribution in [-0.4, -0.2) is 33.6 Å². The van der Waals surface area contributed by atoms with Gasteiger partial charge in [0.1, 0.15) is 11.4 Å². The maximum Gasteiger partial charge on any atom is 0.303 e. The number of hydrogen-bond acceptors (Lipinski definition) is 7. The second kappa shape index (κ2) is 11.2. The molecule has 2 aromatic carbocycles. The van der Waals surface area contributed by atoms with Gasteiger partial charge in [-0.2, -0.15) is 4.98 Å². The summed E-state index contributed by atoms with van der Waals surface area (Å²) in [5, 5.41) is 14.5. The summed E-state index contributed by atoms with van der Waals surface area (Å²) in [6, 6.07) is 14.6. The zero-order chi connectivity index (χ0) is 25.5. The van der Waals surface area contributed by atoms with Crippen LogP contribution in [-0.2, 0) is 22.6 Å².